The molecule has 1 rings (SSSR count). The Bertz CT molecular complexity index is 443. The summed E-state index contributed by atoms with van der Waals surface area (Å²) in [6.07, 6.45) is 0. The number of hydrogen-bond acceptors (Lipinski definition) is 3. The van der Waals surface area contributed by atoms with Crippen molar-refractivity contribution >= 4 is 39.2 Å². The van der Waals surface area contributed by atoms with E-state index in [0.29, 0.717) is 5.02 Å². The van der Waals surface area contributed by atoms with Crippen LogP contribution in [0, 0.1) is 0 Å². The first-order chi connectivity index (χ1) is 8.20. The van der Waals surface area contributed by atoms with E-state index in [1.54, 1.807) is 13.0 Å². The van der Waals surface area contributed by atoms with Gasteiger partial charge in [0.05, 0.1) is 15.2 Å². The molecule has 0 fully saturated rings. The zero-order valence-electron chi connectivity index (χ0n) is 10.9. The maximum absolute atomic E-state index is 11.8. The van der Waals surface area contributed by atoms with Gasteiger partial charge in [-0.05, 0) is 55.8 Å². The molecular formula is C13H17BrClNO2. The summed E-state index contributed by atoms with van der Waals surface area (Å²) in [6.45, 7) is 7.27. The van der Waals surface area contributed by atoms with Crippen molar-refractivity contribution < 1.29 is 9.53 Å². The molecule has 1 N–H and O–H groups in total. The molecule has 1 atom stereocenters. The van der Waals surface area contributed by atoms with E-state index in [9.17, 15) is 4.79 Å². The van der Waals surface area contributed by atoms with Gasteiger partial charge < -0.3 is 10.1 Å². The molecular weight excluding hydrogens is 318 g/mol. The second-order valence-electron chi connectivity index (χ2n) is 5.00. The van der Waals surface area contributed by atoms with Gasteiger partial charge in [0, 0.05) is 0 Å². The lowest BCUT2D eigenvalue weighted by molar-refractivity contribution is -0.155. The molecule has 0 aromatic heterocycles. The van der Waals surface area contributed by atoms with Crippen LogP contribution in [0.25, 0.3) is 0 Å². The fourth-order valence-electron chi connectivity index (χ4n) is 1.30. The molecule has 0 heterocycles. The molecule has 5 heteroatoms. The molecule has 0 radical (unpaired) electrons. The lowest BCUT2D eigenvalue weighted by Crippen LogP contribution is -2.34. The Balaban J connectivity index is 2.73. The minimum atomic E-state index is -0.488. The first-order valence-electron chi connectivity index (χ1n) is 5.64. The SMILES string of the molecule is CC(Nc1cccc(Cl)c1Br)C(=O)OC(C)(C)C. The molecule has 0 aliphatic rings. The maximum atomic E-state index is 11.8. The first-order valence-corrected chi connectivity index (χ1v) is 6.81. The minimum Gasteiger partial charge on any atom is -0.458 e. The topological polar surface area (TPSA) is 38.3 Å². The molecule has 0 bridgehead atoms. The van der Waals surface area contributed by atoms with Crippen molar-refractivity contribution in [3.8, 4) is 0 Å². The van der Waals surface area contributed by atoms with Gasteiger partial charge in [-0.2, -0.15) is 0 Å². The molecule has 3 nitrogen and oxygen atoms in total. The summed E-state index contributed by atoms with van der Waals surface area (Å²) >= 11 is 9.35. The van der Waals surface area contributed by atoms with Gasteiger partial charge in [0.2, 0.25) is 0 Å². The van der Waals surface area contributed by atoms with Crippen LogP contribution < -0.4 is 5.32 Å². The fraction of sp³-hybridized carbons (Fsp3) is 0.462. The third-order valence-corrected chi connectivity index (χ3v) is 3.48. The van der Waals surface area contributed by atoms with E-state index < -0.39 is 11.6 Å². The van der Waals surface area contributed by atoms with Crippen LogP contribution in [0.5, 0.6) is 0 Å². The Morgan fingerprint density at radius 1 is 1.44 bits per heavy atom. The number of carbonyl (C=O) groups is 1. The molecule has 0 spiro atoms. The Morgan fingerprint density at radius 3 is 2.61 bits per heavy atom. The first kappa shape index (κ1) is 15.3. The third kappa shape index (κ3) is 4.50. The minimum absolute atomic E-state index is 0.297. The number of ether oxygens (including phenoxy) is 1. The van der Waals surface area contributed by atoms with E-state index in [0.717, 1.165) is 10.2 Å². The van der Waals surface area contributed by atoms with Gasteiger partial charge in [-0.15, -0.1) is 0 Å². The van der Waals surface area contributed by atoms with Crippen molar-refractivity contribution in [3.05, 3.63) is 27.7 Å². The zero-order chi connectivity index (χ0) is 13.9. The number of nitrogens with one attached hydrogen (secondary N) is 1. The smallest absolute Gasteiger partial charge is 0.328 e. The van der Waals surface area contributed by atoms with Crippen LogP contribution in [-0.4, -0.2) is 17.6 Å². The lowest BCUT2D eigenvalue weighted by atomic mass is 10.2. The van der Waals surface area contributed by atoms with Crippen molar-refractivity contribution in [1.29, 1.82) is 0 Å². The summed E-state index contributed by atoms with van der Waals surface area (Å²) in [6, 6.07) is 4.99. The molecule has 1 aromatic carbocycles. The van der Waals surface area contributed by atoms with Crippen LogP contribution in [0.15, 0.2) is 22.7 Å². The van der Waals surface area contributed by atoms with Crippen LogP contribution in [0.2, 0.25) is 5.02 Å². The monoisotopic (exact) mass is 333 g/mol. The van der Waals surface area contributed by atoms with Gasteiger partial charge >= 0.3 is 5.97 Å². The Morgan fingerprint density at radius 2 is 2.06 bits per heavy atom. The van der Waals surface area contributed by atoms with Gasteiger partial charge in [0.1, 0.15) is 11.6 Å². The highest BCUT2D eigenvalue weighted by Gasteiger charge is 2.22. The summed E-state index contributed by atoms with van der Waals surface area (Å²) in [5, 5.41) is 3.66. The van der Waals surface area contributed by atoms with Gasteiger partial charge in [-0.25, -0.2) is 4.79 Å². The van der Waals surface area contributed by atoms with Crippen LogP contribution in [0.4, 0.5) is 5.69 Å². The predicted octanol–water partition coefficient (Wildman–Crippen LogP) is 4.24. The Hall–Kier alpha value is -0.740. The fourth-order valence-corrected chi connectivity index (χ4v) is 1.85. The largest absolute Gasteiger partial charge is 0.458 e. The predicted molar refractivity (Wildman–Crippen MR) is 78.1 cm³/mol. The second-order valence-corrected chi connectivity index (χ2v) is 6.20. The van der Waals surface area contributed by atoms with Crippen LogP contribution >= 0.6 is 27.5 Å². The highest BCUT2D eigenvalue weighted by Crippen LogP contribution is 2.30. The van der Waals surface area contributed by atoms with Gasteiger partial charge in [-0.3, -0.25) is 0 Å². The number of anilines is 1. The zero-order valence-corrected chi connectivity index (χ0v) is 13.2. The summed E-state index contributed by atoms with van der Waals surface area (Å²) in [5.41, 5.74) is 0.277. The van der Waals surface area contributed by atoms with Crippen molar-refractivity contribution in [1.82, 2.24) is 0 Å². The normalized spacial score (nSPS) is 13.0. The van der Waals surface area contributed by atoms with E-state index in [1.807, 2.05) is 32.9 Å². The summed E-state index contributed by atoms with van der Waals surface area (Å²) in [4.78, 5) is 11.8. The van der Waals surface area contributed by atoms with E-state index in [-0.39, 0.29) is 5.97 Å². The molecule has 0 saturated carbocycles. The average Bonchev–Trinajstić information content (AvgIpc) is 2.22. The molecule has 0 amide bonds. The van der Waals surface area contributed by atoms with Crippen molar-refractivity contribution in [3.63, 3.8) is 0 Å². The quantitative estimate of drug-likeness (QED) is 0.840. The maximum Gasteiger partial charge on any atom is 0.328 e. The van der Waals surface area contributed by atoms with Gasteiger partial charge in [0.25, 0.3) is 0 Å². The van der Waals surface area contributed by atoms with Crippen molar-refractivity contribution in [2.45, 2.75) is 39.3 Å². The number of esters is 1. The van der Waals surface area contributed by atoms with Crippen LogP contribution in [-0.2, 0) is 9.53 Å². The number of halogens is 2. The number of benzene rings is 1. The highest BCUT2D eigenvalue weighted by atomic mass is 79.9. The van der Waals surface area contributed by atoms with Crippen molar-refractivity contribution in [2.75, 3.05) is 5.32 Å². The molecule has 1 aromatic rings. The van der Waals surface area contributed by atoms with E-state index in [4.69, 9.17) is 16.3 Å². The average molecular weight is 335 g/mol. The number of hydrogen-bond donors (Lipinski definition) is 1. The molecule has 0 aliphatic carbocycles. The highest BCUT2D eigenvalue weighted by molar-refractivity contribution is 9.10. The van der Waals surface area contributed by atoms with E-state index in [2.05, 4.69) is 21.2 Å². The molecule has 100 valence electrons. The van der Waals surface area contributed by atoms with E-state index in [1.165, 1.54) is 0 Å². The number of rotatable bonds is 3. The van der Waals surface area contributed by atoms with Crippen LogP contribution in [0.3, 0.4) is 0 Å². The third-order valence-electron chi connectivity index (χ3n) is 2.08. The summed E-state index contributed by atoms with van der Waals surface area (Å²) in [7, 11) is 0. The molecule has 18 heavy (non-hydrogen) atoms. The Labute approximate surface area is 121 Å². The van der Waals surface area contributed by atoms with Crippen LogP contribution in [0.1, 0.15) is 27.7 Å². The lowest BCUT2D eigenvalue weighted by Gasteiger charge is -2.23. The van der Waals surface area contributed by atoms with E-state index >= 15 is 0 Å². The molecule has 0 saturated heterocycles. The summed E-state index contributed by atoms with van der Waals surface area (Å²) in [5.74, 6) is -0.297. The van der Waals surface area contributed by atoms with Gasteiger partial charge in [0.15, 0.2) is 0 Å². The number of carbonyl (C=O) groups excluding carboxylic acids is 1. The van der Waals surface area contributed by atoms with Gasteiger partial charge in [-0.1, -0.05) is 17.7 Å². The summed E-state index contributed by atoms with van der Waals surface area (Å²) < 4.78 is 6.03. The second kappa shape index (κ2) is 5.93. The standard InChI is InChI=1S/C13H17BrClNO2/c1-8(12(17)18-13(2,3)4)16-10-7-5-6-9(15)11(10)14/h5-8,16H,1-4H3. The Kier molecular flexibility index (Phi) is 5.05. The molecule has 0 aliphatic heterocycles. The molecule has 1 unspecified atom stereocenters. The van der Waals surface area contributed by atoms with Crippen molar-refractivity contribution in [2.24, 2.45) is 0 Å².